The molecule has 1 heterocycles. The van der Waals surface area contributed by atoms with Gasteiger partial charge in [0.2, 0.25) is 5.16 Å². The summed E-state index contributed by atoms with van der Waals surface area (Å²) in [7, 11) is 0. The van der Waals surface area contributed by atoms with E-state index in [2.05, 4.69) is 10.2 Å². The summed E-state index contributed by atoms with van der Waals surface area (Å²) >= 11 is 7.11. The zero-order chi connectivity index (χ0) is 12.4. The van der Waals surface area contributed by atoms with Crippen LogP contribution in [0.15, 0.2) is 34.2 Å². The van der Waals surface area contributed by atoms with Crippen LogP contribution < -0.4 is 11.4 Å². The Morgan fingerprint density at radius 2 is 2.18 bits per heavy atom. The summed E-state index contributed by atoms with van der Waals surface area (Å²) < 4.78 is 0.980. The number of nitrogen functional groups attached to an aromatic ring is 1. The minimum Gasteiger partial charge on any atom is -0.334 e. The summed E-state index contributed by atoms with van der Waals surface area (Å²) in [5.41, 5.74) is 0.390. The molecule has 0 bridgehead atoms. The minimum atomic E-state index is -0.397. The normalized spacial score (nSPS) is 10.5. The molecule has 1 aromatic carbocycles. The maximum atomic E-state index is 11.9. The average molecular weight is 269 g/mol. The van der Waals surface area contributed by atoms with Crippen molar-refractivity contribution in [3.63, 3.8) is 0 Å². The van der Waals surface area contributed by atoms with Gasteiger partial charge in [-0.05, 0) is 18.4 Å². The lowest BCUT2D eigenvalue weighted by Gasteiger charge is -2.05. The number of hydrogen-bond acceptors (Lipinski definition) is 5. The summed E-state index contributed by atoms with van der Waals surface area (Å²) in [5.74, 6) is 5.62. The summed E-state index contributed by atoms with van der Waals surface area (Å²) in [6.45, 7) is 0. The third kappa shape index (κ3) is 2.27. The van der Waals surface area contributed by atoms with E-state index in [0.29, 0.717) is 15.7 Å². The van der Waals surface area contributed by atoms with Crippen LogP contribution in [0.1, 0.15) is 0 Å². The Bertz CT molecular complexity index is 613. The molecule has 0 aliphatic carbocycles. The van der Waals surface area contributed by atoms with Crippen molar-refractivity contribution in [3.05, 3.63) is 39.6 Å². The average Bonchev–Trinajstić information content (AvgIpc) is 2.32. The van der Waals surface area contributed by atoms with Gasteiger partial charge in [-0.15, -0.1) is 10.2 Å². The van der Waals surface area contributed by atoms with E-state index in [-0.39, 0.29) is 5.69 Å². The monoisotopic (exact) mass is 268 g/mol. The van der Waals surface area contributed by atoms with Crippen molar-refractivity contribution in [2.45, 2.75) is 5.16 Å². The molecule has 2 N–H and O–H groups in total. The summed E-state index contributed by atoms with van der Waals surface area (Å²) in [6, 6.07) is 6.83. The van der Waals surface area contributed by atoms with Gasteiger partial charge in [0.05, 0.1) is 0 Å². The second kappa shape index (κ2) is 4.77. The molecule has 2 rings (SSSR count). The fourth-order valence-corrected chi connectivity index (χ4v) is 1.93. The predicted octanol–water partition coefficient (Wildman–Crippen LogP) is 1.39. The molecule has 0 atom stereocenters. The molecule has 88 valence electrons. The van der Waals surface area contributed by atoms with Crippen LogP contribution in [0.4, 0.5) is 0 Å². The second-order valence-corrected chi connectivity index (χ2v) is 4.43. The highest BCUT2D eigenvalue weighted by atomic mass is 35.5. The number of rotatable bonds is 2. The fraction of sp³-hybridized carbons (Fsp3) is 0.100. The summed E-state index contributed by atoms with van der Waals surface area (Å²) in [4.78, 5) is 11.9. The Labute approximate surface area is 107 Å². The van der Waals surface area contributed by atoms with Crippen molar-refractivity contribution in [2.75, 3.05) is 12.1 Å². The number of thioether (sulfide) groups is 1. The zero-order valence-corrected chi connectivity index (χ0v) is 10.5. The van der Waals surface area contributed by atoms with Gasteiger partial charge in [0.25, 0.3) is 5.56 Å². The molecule has 0 radical (unpaired) electrons. The van der Waals surface area contributed by atoms with Gasteiger partial charge < -0.3 is 5.84 Å². The minimum absolute atomic E-state index is 0.188. The van der Waals surface area contributed by atoms with E-state index >= 15 is 0 Å². The highest BCUT2D eigenvalue weighted by Crippen LogP contribution is 2.18. The third-order valence-corrected chi connectivity index (χ3v) is 3.02. The molecule has 0 spiro atoms. The van der Waals surface area contributed by atoms with E-state index in [4.69, 9.17) is 17.4 Å². The van der Waals surface area contributed by atoms with E-state index in [0.717, 1.165) is 4.68 Å². The van der Waals surface area contributed by atoms with E-state index in [1.807, 2.05) is 0 Å². The quantitative estimate of drug-likeness (QED) is 0.658. The van der Waals surface area contributed by atoms with Crippen LogP contribution in [0.5, 0.6) is 0 Å². The first-order valence-corrected chi connectivity index (χ1v) is 6.28. The van der Waals surface area contributed by atoms with Gasteiger partial charge in [-0.25, -0.2) is 0 Å². The SMILES string of the molecule is CSc1nnc(-c2cccc(Cl)c2)c(=O)n1N. The van der Waals surface area contributed by atoms with Crippen molar-refractivity contribution in [1.82, 2.24) is 14.9 Å². The van der Waals surface area contributed by atoms with Crippen molar-refractivity contribution >= 4 is 23.4 Å². The lowest BCUT2D eigenvalue weighted by Crippen LogP contribution is -2.31. The lowest BCUT2D eigenvalue weighted by atomic mass is 10.2. The molecule has 5 nitrogen and oxygen atoms in total. The molecule has 2 aromatic rings. The first-order chi connectivity index (χ1) is 8.13. The predicted molar refractivity (Wildman–Crippen MR) is 68.7 cm³/mol. The molecule has 0 aliphatic heterocycles. The van der Waals surface area contributed by atoms with E-state index in [1.165, 1.54) is 11.8 Å². The molecule has 7 heteroatoms. The van der Waals surface area contributed by atoms with Crippen molar-refractivity contribution in [3.8, 4) is 11.3 Å². The maximum absolute atomic E-state index is 11.9. The Hall–Kier alpha value is -1.53. The van der Waals surface area contributed by atoms with Gasteiger partial charge in [-0.2, -0.15) is 4.68 Å². The number of nitrogens with two attached hydrogens (primary N) is 1. The summed E-state index contributed by atoms with van der Waals surface area (Å²) in [5, 5.41) is 8.64. The highest BCUT2D eigenvalue weighted by Gasteiger charge is 2.11. The highest BCUT2D eigenvalue weighted by molar-refractivity contribution is 7.98. The molecule has 17 heavy (non-hydrogen) atoms. The smallest absolute Gasteiger partial charge is 0.299 e. The molecular weight excluding hydrogens is 260 g/mol. The molecule has 0 amide bonds. The van der Waals surface area contributed by atoms with E-state index < -0.39 is 5.56 Å². The van der Waals surface area contributed by atoms with Crippen LogP contribution in [0.2, 0.25) is 5.02 Å². The Kier molecular flexibility index (Phi) is 3.35. The Morgan fingerprint density at radius 3 is 2.82 bits per heavy atom. The second-order valence-electron chi connectivity index (χ2n) is 3.22. The third-order valence-electron chi connectivity index (χ3n) is 2.14. The van der Waals surface area contributed by atoms with Crippen LogP contribution in [0, 0.1) is 0 Å². The summed E-state index contributed by atoms with van der Waals surface area (Å²) in [6.07, 6.45) is 1.77. The topological polar surface area (TPSA) is 73.8 Å². The number of aromatic nitrogens is 3. The van der Waals surface area contributed by atoms with Crippen LogP contribution >= 0.6 is 23.4 Å². The van der Waals surface area contributed by atoms with Gasteiger partial charge in [-0.1, -0.05) is 35.5 Å². The van der Waals surface area contributed by atoms with Gasteiger partial charge >= 0.3 is 0 Å². The molecule has 0 unspecified atom stereocenters. The Morgan fingerprint density at radius 1 is 1.41 bits per heavy atom. The van der Waals surface area contributed by atoms with Crippen LogP contribution in [-0.4, -0.2) is 21.1 Å². The lowest BCUT2D eigenvalue weighted by molar-refractivity contribution is 0.705. The maximum Gasteiger partial charge on any atom is 0.299 e. The number of hydrogen-bond donors (Lipinski definition) is 1. The number of benzene rings is 1. The van der Waals surface area contributed by atoms with Crippen LogP contribution in [-0.2, 0) is 0 Å². The first-order valence-electron chi connectivity index (χ1n) is 4.68. The molecule has 0 saturated carbocycles. The molecule has 0 fully saturated rings. The van der Waals surface area contributed by atoms with Gasteiger partial charge in [0.1, 0.15) is 0 Å². The molecular formula is C10H9ClN4OS. The molecule has 1 aromatic heterocycles. The first kappa shape index (κ1) is 11.9. The van der Waals surface area contributed by atoms with Crippen molar-refractivity contribution in [2.24, 2.45) is 0 Å². The number of nitrogens with zero attached hydrogens (tertiary/aromatic N) is 3. The van der Waals surface area contributed by atoms with Gasteiger partial charge in [0, 0.05) is 10.6 Å². The van der Waals surface area contributed by atoms with Crippen molar-refractivity contribution < 1.29 is 0 Å². The van der Waals surface area contributed by atoms with Crippen LogP contribution in [0.25, 0.3) is 11.3 Å². The molecule has 0 saturated heterocycles. The van der Waals surface area contributed by atoms with Gasteiger partial charge in [0.15, 0.2) is 5.69 Å². The fourth-order valence-electron chi connectivity index (χ4n) is 1.34. The number of halogens is 1. The van der Waals surface area contributed by atoms with Crippen molar-refractivity contribution in [1.29, 1.82) is 0 Å². The van der Waals surface area contributed by atoms with Gasteiger partial charge in [-0.3, -0.25) is 4.79 Å². The van der Waals surface area contributed by atoms with E-state index in [9.17, 15) is 4.79 Å². The van der Waals surface area contributed by atoms with Crippen LogP contribution in [0.3, 0.4) is 0 Å². The molecule has 0 aliphatic rings. The standard InChI is InChI=1S/C10H9ClN4OS/c1-17-10-14-13-8(9(16)15(10)12)6-3-2-4-7(11)5-6/h2-5H,12H2,1H3. The largest absolute Gasteiger partial charge is 0.334 e. The zero-order valence-electron chi connectivity index (χ0n) is 8.92. The van der Waals surface area contributed by atoms with E-state index in [1.54, 1.807) is 30.5 Å². The Balaban J connectivity index is 2.62.